The van der Waals surface area contributed by atoms with Gasteiger partial charge in [-0.05, 0) is 6.92 Å². The SMILES string of the molecule is C/C=C/[C@H](O)[Si](C)(C)C. The first-order valence-electron chi connectivity index (χ1n) is 3.29. The molecule has 2 heteroatoms. The van der Waals surface area contributed by atoms with Crippen molar-refractivity contribution in [3.05, 3.63) is 12.2 Å². The highest BCUT2D eigenvalue weighted by Crippen LogP contribution is 2.07. The summed E-state index contributed by atoms with van der Waals surface area (Å²) < 4.78 is 0. The van der Waals surface area contributed by atoms with Crippen LogP contribution in [0.1, 0.15) is 6.92 Å². The average molecular weight is 144 g/mol. The molecule has 0 bridgehead atoms. The summed E-state index contributed by atoms with van der Waals surface area (Å²) in [7, 11) is -1.31. The molecule has 1 N–H and O–H groups in total. The molecule has 1 nitrogen and oxygen atoms in total. The number of hydrogen-bond donors (Lipinski definition) is 1. The molecule has 0 aliphatic heterocycles. The molecule has 0 saturated carbocycles. The van der Waals surface area contributed by atoms with E-state index in [0.717, 1.165) is 0 Å². The molecule has 0 saturated heterocycles. The average Bonchev–Trinajstić information content (AvgIpc) is 1.64. The highest BCUT2D eigenvalue weighted by molar-refractivity contribution is 6.77. The van der Waals surface area contributed by atoms with Gasteiger partial charge in [0.15, 0.2) is 0 Å². The Labute approximate surface area is 58.4 Å². The zero-order valence-corrected chi connectivity index (χ0v) is 7.68. The Kier molecular flexibility index (Phi) is 3.15. The number of allylic oxidation sites excluding steroid dienone is 1. The lowest BCUT2D eigenvalue weighted by Gasteiger charge is -2.19. The van der Waals surface area contributed by atoms with Crippen molar-refractivity contribution in [2.75, 3.05) is 0 Å². The highest BCUT2D eigenvalue weighted by atomic mass is 28.3. The Morgan fingerprint density at radius 2 is 1.78 bits per heavy atom. The van der Waals surface area contributed by atoms with Crippen molar-refractivity contribution >= 4 is 8.07 Å². The van der Waals surface area contributed by atoms with Gasteiger partial charge in [-0.15, -0.1) is 0 Å². The van der Waals surface area contributed by atoms with Crippen LogP contribution in [0.3, 0.4) is 0 Å². The van der Waals surface area contributed by atoms with Crippen molar-refractivity contribution in [2.45, 2.75) is 32.3 Å². The molecule has 0 aliphatic carbocycles. The quantitative estimate of drug-likeness (QED) is 0.463. The third kappa shape index (κ3) is 3.49. The predicted octanol–water partition coefficient (Wildman–Crippen LogP) is 1.80. The van der Waals surface area contributed by atoms with Crippen molar-refractivity contribution in [1.29, 1.82) is 0 Å². The summed E-state index contributed by atoms with van der Waals surface area (Å²) in [5.41, 5.74) is -0.178. The Hall–Kier alpha value is -0.0831. The van der Waals surface area contributed by atoms with Crippen molar-refractivity contribution in [3.8, 4) is 0 Å². The van der Waals surface area contributed by atoms with Gasteiger partial charge < -0.3 is 5.11 Å². The predicted molar refractivity (Wildman–Crippen MR) is 44.2 cm³/mol. The fourth-order valence-electron chi connectivity index (χ4n) is 0.471. The molecule has 0 aromatic carbocycles. The zero-order chi connectivity index (χ0) is 7.49. The number of aliphatic hydroxyl groups excluding tert-OH is 1. The van der Waals surface area contributed by atoms with Crippen LogP contribution in [0, 0.1) is 0 Å². The Morgan fingerprint density at radius 3 is 1.89 bits per heavy atom. The van der Waals surface area contributed by atoms with E-state index in [1.165, 1.54) is 0 Å². The zero-order valence-electron chi connectivity index (χ0n) is 6.68. The second-order valence-corrected chi connectivity index (χ2v) is 8.66. The van der Waals surface area contributed by atoms with Crippen LogP contribution >= 0.6 is 0 Å². The minimum absolute atomic E-state index is 0.178. The Bertz CT molecular complexity index is 102. The van der Waals surface area contributed by atoms with E-state index in [2.05, 4.69) is 19.6 Å². The van der Waals surface area contributed by atoms with Gasteiger partial charge in [0.25, 0.3) is 0 Å². The largest absolute Gasteiger partial charge is 0.393 e. The van der Waals surface area contributed by atoms with Gasteiger partial charge in [0.1, 0.15) is 0 Å². The van der Waals surface area contributed by atoms with E-state index in [4.69, 9.17) is 0 Å². The highest BCUT2D eigenvalue weighted by Gasteiger charge is 2.21. The van der Waals surface area contributed by atoms with Crippen LogP contribution in [-0.2, 0) is 0 Å². The molecule has 0 fully saturated rings. The second kappa shape index (κ2) is 3.18. The molecule has 1 atom stereocenters. The van der Waals surface area contributed by atoms with E-state index in [0.29, 0.717) is 0 Å². The summed E-state index contributed by atoms with van der Waals surface area (Å²) in [6, 6.07) is 0. The van der Waals surface area contributed by atoms with Gasteiger partial charge in [-0.1, -0.05) is 31.8 Å². The van der Waals surface area contributed by atoms with Gasteiger partial charge in [-0.2, -0.15) is 0 Å². The third-order valence-corrected chi connectivity index (χ3v) is 3.23. The van der Waals surface area contributed by atoms with E-state index in [1.54, 1.807) is 0 Å². The molecule has 0 aliphatic rings. The van der Waals surface area contributed by atoms with Crippen LogP contribution in [-0.4, -0.2) is 18.9 Å². The van der Waals surface area contributed by atoms with E-state index >= 15 is 0 Å². The van der Waals surface area contributed by atoms with Gasteiger partial charge in [-0.3, -0.25) is 0 Å². The number of hydrogen-bond acceptors (Lipinski definition) is 1. The van der Waals surface area contributed by atoms with Crippen LogP contribution in [0.2, 0.25) is 19.6 Å². The molecule has 0 aromatic heterocycles. The minimum atomic E-state index is -1.31. The van der Waals surface area contributed by atoms with Crippen molar-refractivity contribution in [3.63, 3.8) is 0 Å². The topological polar surface area (TPSA) is 20.2 Å². The maximum Gasteiger partial charge on any atom is 0.0830 e. The lowest BCUT2D eigenvalue weighted by atomic mass is 10.5. The number of aliphatic hydroxyl groups is 1. The molecular formula is C7H16OSi. The summed E-state index contributed by atoms with van der Waals surface area (Å²) in [6.07, 6.45) is 3.77. The molecule has 0 spiro atoms. The first kappa shape index (κ1) is 8.92. The van der Waals surface area contributed by atoms with E-state index < -0.39 is 8.07 Å². The molecule has 54 valence electrons. The van der Waals surface area contributed by atoms with Crippen LogP contribution in [0.5, 0.6) is 0 Å². The molecule has 0 rings (SSSR count). The Morgan fingerprint density at radius 1 is 1.33 bits per heavy atom. The first-order valence-corrected chi connectivity index (χ1v) is 6.87. The van der Waals surface area contributed by atoms with Crippen molar-refractivity contribution in [1.82, 2.24) is 0 Å². The fraction of sp³-hybridized carbons (Fsp3) is 0.714. The van der Waals surface area contributed by atoms with Crippen LogP contribution in [0.25, 0.3) is 0 Å². The van der Waals surface area contributed by atoms with Gasteiger partial charge in [0.05, 0.1) is 13.8 Å². The fourth-order valence-corrected chi connectivity index (χ4v) is 1.24. The Balaban J connectivity index is 3.88. The molecule has 0 radical (unpaired) electrons. The van der Waals surface area contributed by atoms with Crippen molar-refractivity contribution < 1.29 is 5.11 Å². The normalized spacial score (nSPS) is 16.6. The molecule has 0 unspecified atom stereocenters. The third-order valence-electron chi connectivity index (χ3n) is 1.26. The monoisotopic (exact) mass is 144 g/mol. The maximum atomic E-state index is 9.36. The maximum absolute atomic E-state index is 9.36. The summed E-state index contributed by atoms with van der Waals surface area (Å²) in [4.78, 5) is 0. The molecule has 9 heavy (non-hydrogen) atoms. The summed E-state index contributed by atoms with van der Waals surface area (Å²) in [5, 5.41) is 9.36. The van der Waals surface area contributed by atoms with Gasteiger partial charge in [-0.25, -0.2) is 0 Å². The van der Waals surface area contributed by atoms with Crippen molar-refractivity contribution in [2.24, 2.45) is 0 Å². The standard InChI is InChI=1S/C7H16OSi/c1-5-6-7(8)9(2,3)4/h5-8H,1-4H3/b6-5+/t7-/m1/s1. The summed E-state index contributed by atoms with van der Waals surface area (Å²) in [6.45, 7) is 8.39. The van der Waals surface area contributed by atoms with E-state index in [-0.39, 0.29) is 5.73 Å². The van der Waals surface area contributed by atoms with Crippen LogP contribution in [0.4, 0.5) is 0 Å². The van der Waals surface area contributed by atoms with Gasteiger partial charge >= 0.3 is 0 Å². The number of rotatable bonds is 2. The van der Waals surface area contributed by atoms with E-state index in [9.17, 15) is 5.11 Å². The van der Waals surface area contributed by atoms with Gasteiger partial charge in [0.2, 0.25) is 0 Å². The smallest absolute Gasteiger partial charge is 0.0830 e. The first-order chi connectivity index (χ1) is 3.98. The summed E-state index contributed by atoms with van der Waals surface area (Å²) in [5.74, 6) is 0. The van der Waals surface area contributed by atoms with Crippen LogP contribution < -0.4 is 0 Å². The lowest BCUT2D eigenvalue weighted by molar-refractivity contribution is 0.291. The second-order valence-electron chi connectivity index (χ2n) is 3.34. The van der Waals surface area contributed by atoms with E-state index in [1.807, 2.05) is 19.1 Å². The van der Waals surface area contributed by atoms with Gasteiger partial charge in [0, 0.05) is 0 Å². The minimum Gasteiger partial charge on any atom is -0.393 e. The molecule has 0 heterocycles. The van der Waals surface area contributed by atoms with Crippen LogP contribution in [0.15, 0.2) is 12.2 Å². The molecule has 0 amide bonds. The lowest BCUT2D eigenvalue weighted by Crippen LogP contribution is -2.36. The summed E-state index contributed by atoms with van der Waals surface area (Å²) >= 11 is 0. The molecular weight excluding hydrogens is 128 g/mol. The molecule has 0 aromatic rings.